The Bertz CT molecular complexity index is 1210. The zero-order valence-corrected chi connectivity index (χ0v) is 17.5. The van der Waals surface area contributed by atoms with E-state index in [-0.39, 0.29) is 11.4 Å². The van der Waals surface area contributed by atoms with Crippen LogP contribution in [-0.2, 0) is 11.9 Å². The third-order valence-electron chi connectivity index (χ3n) is 4.40. The monoisotopic (exact) mass is 442 g/mol. The summed E-state index contributed by atoms with van der Waals surface area (Å²) in [5.74, 6) is 1.36. The van der Waals surface area contributed by atoms with Crippen LogP contribution in [0.3, 0.4) is 0 Å². The topological polar surface area (TPSA) is 64.7 Å². The van der Waals surface area contributed by atoms with Crippen LogP contribution in [0.4, 0.5) is 13.2 Å². The van der Waals surface area contributed by atoms with Crippen LogP contribution in [0.5, 0.6) is 0 Å². The van der Waals surface area contributed by atoms with Gasteiger partial charge in [0.05, 0.1) is 11.3 Å². The van der Waals surface area contributed by atoms with Crippen LogP contribution in [0.25, 0.3) is 22.8 Å². The molecule has 0 amide bonds. The number of rotatable bonds is 5. The van der Waals surface area contributed by atoms with Gasteiger partial charge in [0.1, 0.15) is 5.03 Å². The number of thioether (sulfide) groups is 1. The molecule has 5 nitrogen and oxygen atoms in total. The molecule has 0 spiro atoms. The highest BCUT2D eigenvalue weighted by atomic mass is 32.2. The Morgan fingerprint density at radius 1 is 0.871 bits per heavy atom. The predicted molar refractivity (Wildman–Crippen MR) is 111 cm³/mol. The van der Waals surface area contributed by atoms with Crippen molar-refractivity contribution in [3.8, 4) is 22.8 Å². The summed E-state index contributed by atoms with van der Waals surface area (Å²) in [6.07, 6.45) is -4.43. The lowest BCUT2D eigenvalue weighted by Gasteiger charge is -2.06. The molecule has 4 aromatic rings. The molecule has 4 rings (SSSR count). The molecule has 0 radical (unpaired) electrons. The Balaban J connectivity index is 1.50. The summed E-state index contributed by atoms with van der Waals surface area (Å²) in [4.78, 5) is 13.3. The summed E-state index contributed by atoms with van der Waals surface area (Å²) < 4.78 is 44.0. The zero-order chi connectivity index (χ0) is 22.0. The molecule has 2 aromatic heterocycles. The Morgan fingerprint density at radius 2 is 1.65 bits per heavy atom. The largest absolute Gasteiger partial charge is 0.416 e. The van der Waals surface area contributed by atoms with Gasteiger partial charge in [-0.25, -0.2) is 9.97 Å². The van der Waals surface area contributed by atoms with E-state index in [2.05, 4.69) is 20.1 Å². The summed E-state index contributed by atoms with van der Waals surface area (Å²) in [6.45, 7) is 3.90. The molecule has 0 aliphatic carbocycles. The quantitative estimate of drug-likeness (QED) is 0.274. The fourth-order valence-electron chi connectivity index (χ4n) is 2.85. The maximum Gasteiger partial charge on any atom is 0.416 e. The van der Waals surface area contributed by atoms with Crippen LogP contribution in [0.15, 0.2) is 64.1 Å². The van der Waals surface area contributed by atoms with E-state index in [1.165, 1.54) is 23.9 Å². The molecule has 0 bridgehead atoms. The van der Waals surface area contributed by atoms with Gasteiger partial charge >= 0.3 is 6.18 Å². The first kappa shape index (κ1) is 21.0. The molecule has 2 aromatic carbocycles. The van der Waals surface area contributed by atoms with Crippen molar-refractivity contribution in [3.63, 3.8) is 0 Å². The van der Waals surface area contributed by atoms with Crippen molar-refractivity contribution < 1.29 is 17.7 Å². The Labute approximate surface area is 180 Å². The van der Waals surface area contributed by atoms with E-state index in [1.807, 2.05) is 44.2 Å². The fourth-order valence-corrected chi connectivity index (χ4v) is 3.64. The van der Waals surface area contributed by atoms with Crippen LogP contribution >= 0.6 is 11.8 Å². The van der Waals surface area contributed by atoms with E-state index in [1.54, 1.807) is 0 Å². The highest BCUT2D eigenvalue weighted by Crippen LogP contribution is 2.32. The molecule has 9 heteroatoms. The number of hydrogen-bond acceptors (Lipinski definition) is 6. The highest BCUT2D eigenvalue weighted by molar-refractivity contribution is 7.98. The third kappa shape index (κ3) is 5.11. The van der Waals surface area contributed by atoms with Crippen LogP contribution < -0.4 is 0 Å². The minimum absolute atomic E-state index is 0.112. The lowest BCUT2D eigenvalue weighted by molar-refractivity contribution is -0.137. The van der Waals surface area contributed by atoms with Gasteiger partial charge in [-0.3, -0.25) is 0 Å². The van der Waals surface area contributed by atoms with Gasteiger partial charge < -0.3 is 4.52 Å². The summed E-state index contributed by atoms with van der Waals surface area (Å²) in [6, 6.07) is 14.6. The summed E-state index contributed by atoms with van der Waals surface area (Å²) in [5.41, 5.74) is 2.38. The Morgan fingerprint density at radius 3 is 2.39 bits per heavy atom. The van der Waals surface area contributed by atoms with Gasteiger partial charge in [-0.1, -0.05) is 58.9 Å². The molecule has 0 saturated carbocycles. The van der Waals surface area contributed by atoms with Crippen molar-refractivity contribution in [3.05, 3.63) is 77.3 Å². The summed E-state index contributed by atoms with van der Waals surface area (Å²) in [5, 5.41) is 4.55. The molecule has 0 aliphatic rings. The van der Waals surface area contributed by atoms with Crippen molar-refractivity contribution >= 4 is 11.8 Å². The molecular weight excluding hydrogens is 425 g/mol. The SMILES string of the molecule is Cc1ccc(-c2nc(C)cc(SCc3nc(-c4cccc(C(F)(F)F)c4)no3)n2)cc1. The Hall–Kier alpha value is -3.20. The maximum atomic E-state index is 12.9. The van der Waals surface area contributed by atoms with E-state index in [0.717, 1.165) is 34.0 Å². The Kier molecular flexibility index (Phi) is 5.77. The van der Waals surface area contributed by atoms with Crippen molar-refractivity contribution in [1.82, 2.24) is 20.1 Å². The molecular formula is C22H17F3N4OS. The fraction of sp³-hybridized carbons (Fsp3) is 0.182. The molecule has 0 saturated heterocycles. The lowest BCUT2D eigenvalue weighted by Crippen LogP contribution is -2.04. The van der Waals surface area contributed by atoms with E-state index in [0.29, 0.717) is 17.5 Å². The van der Waals surface area contributed by atoms with Gasteiger partial charge in [0, 0.05) is 16.8 Å². The molecule has 31 heavy (non-hydrogen) atoms. The van der Waals surface area contributed by atoms with Gasteiger partial charge in [-0.2, -0.15) is 18.2 Å². The normalized spacial score (nSPS) is 11.6. The minimum Gasteiger partial charge on any atom is -0.338 e. The van der Waals surface area contributed by atoms with Crippen LogP contribution in [-0.4, -0.2) is 20.1 Å². The standard InChI is InChI=1S/C22H17F3N4OS/c1-13-6-8-15(9-7-13)20-26-14(2)10-19(28-20)31-12-18-27-21(29-30-18)16-4-3-5-17(11-16)22(23,24)25/h3-11H,12H2,1-2H3. The van der Waals surface area contributed by atoms with Crippen molar-refractivity contribution in [2.75, 3.05) is 0 Å². The van der Waals surface area contributed by atoms with Gasteiger partial charge in [0.25, 0.3) is 0 Å². The summed E-state index contributed by atoms with van der Waals surface area (Å²) >= 11 is 1.39. The number of halogens is 3. The number of hydrogen-bond donors (Lipinski definition) is 0. The van der Waals surface area contributed by atoms with E-state index in [9.17, 15) is 13.2 Å². The first-order valence-electron chi connectivity index (χ1n) is 9.34. The van der Waals surface area contributed by atoms with Gasteiger partial charge in [-0.05, 0) is 32.0 Å². The van der Waals surface area contributed by atoms with Crippen molar-refractivity contribution in [2.45, 2.75) is 30.8 Å². The molecule has 0 fully saturated rings. The first-order chi connectivity index (χ1) is 14.8. The number of aryl methyl sites for hydroxylation is 2. The molecule has 0 aliphatic heterocycles. The minimum atomic E-state index is -4.43. The second-order valence-corrected chi connectivity index (χ2v) is 7.91. The second-order valence-electron chi connectivity index (χ2n) is 6.92. The predicted octanol–water partition coefficient (Wildman–Crippen LogP) is 6.12. The highest BCUT2D eigenvalue weighted by Gasteiger charge is 2.30. The molecule has 0 N–H and O–H groups in total. The van der Waals surface area contributed by atoms with E-state index in [4.69, 9.17) is 4.52 Å². The number of alkyl halides is 3. The smallest absolute Gasteiger partial charge is 0.338 e. The lowest BCUT2D eigenvalue weighted by atomic mass is 10.1. The van der Waals surface area contributed by atoms with Crippen LogP contribution in [0.2, 0.25) is 0 Å². The van der Waals surface area contributed by atoms with Gasteiger partial charge in [-0.15, -0.1) is 0 Å². The van der Waals surface area contributed by atoms with E-state index >= 15 is 0 Å². The number of benzene rings is 2. The van der Waals surface area contributed by atoms with Crippen molar-refractivity contribution in [2.24, 2.45) is 0 Å². The third-order valence-corrected chi connectivity index (χ3v) is 5.30. The molecule has 158 valence electrons. The maximum absolute atomic E-state index is 12.9. The molecule has 0 atom stereocenters. The number of aromatic nitrogens is 4. The number of nitrogens with zero attached hydrogens (tertiary/aromatic N) is 4. The first-order valence-corrected chi connectivity index (χ1v) is 10.3. The zero-order valence-electron chi connectivity index (χ0n) is 16.6. The van der Waals surface area contributed by atoms with E-state index < -0.39 is 11.7 Å². The molecule has 2 heterocycles. The van der Waals surface area contributed by atoms with Gasteiger partial charge in [0.2, 0.25) is 11.7 Å². The summed E-state index contributed by atoms with van der Waals surface area (Å²) in [7, 11) is 0. The van der Waals surface area contributed by atoms with Crippen LogP contribution in [0, 0.1) is 13.8 Å². The molecule has 0 unspecified atom stereocenters. The average molecular weight is 442 g/mol. The average Bonchev–Trinajstić information content (AvgIpc) is 3.21. The van der Waals surface area contributed by atoms with Crippen LogP contribution in [0.1, 0.15) is 22.7 Å². The van der Waals surface area contributed by atoms with Crippen molar-refractivity contribution in [1.29, 1.82) is 0 Å². The second kappa shape index (κ2) is 8.50. The van der Waals surface area contributed by atoms with Gasteiger partial charge in [0.15, 0.2) is 5.82 Å².